The highest BCUT2D eigenvalue weighted by Gasteiger charge is 2.41. The van der Waals surface area contributed by atoms with E-state index in [0.717, 1.165) is 19.1 Å². The predicted octanol–water partition coefficient (Wildman–Crippen LogP) is 3.09. The zero-order valence-electron chi connectivity index (χ0n) is 15.4. The van der Waals surface area contributed by atoms with Gasteiger partial charge in [-0.15, -0.1) is 0 Å². The number of hydrogen-bond acceptors (Lipinski definition) is 6. The number of amides is 2. The van der Waals surface area contributed by atoms with E-state index in [2.05, 4.69) is 15.5 Å². The number of hydrogen-bond donors (Lipinski definition) is 1. The highest BCUT2D eigenvalue weighted by atomic mass is 19.3. The lowest BCUT2D eigenvalue weighted by atomic mass is 9.67. The normalized spacial score (nSPS) is 21.6. The highest BCUT2D eigenvalue weighted by Crippen LogP contribution is 2.44. The number of carbonyl (C=O) groups excluding carboxylic acids is 2. The van der Waals surface area contributed by atoms with Crippen LogP contribution in [-0.2, 0) is 15.0 Å². The number of nitriles is 1. The maximum Gasteiger partial charge on any atom is 0.387 e. The van der Waals surface area contributed by atoms with E-state index in [1.807, 2.05) is 0 Å². The standard InChI is InChI=1S/C18H19F4N3O4/c1-10(26)25(24)15(27)11-4-6-18(9-23,7-5-11)12-2-3-13(28-16(19)20)14(8-12)29-17(21)22/h2-3,8,11,16-17H,4-7,24H2,1H3. The van der Waals surface area contributed by atoms with Crippen LogP contribution in [0.3, 0.4) is 0 Å². The number of ether oxygens (including phenoxy) is 2. The minimum Gasteiger partial charge on any atom is -0.431 e. The van der Waals surface area contributed by atoms with Crippen LogP contribution in [0.25, 0.3) is 0 Å². The number of imide groups is 1. The van der Waals surface area contributed by atoms with E-state index in [9.17, 15) is 32.4 Å². The molecule has 1 aliphatic carbocycles. The number of alkyl halides is 4. The molecule has 0 spiro atoms. The molecule has 0 aromatic heterocycles. The molecule has 0 atom stereocenters. The van der Waals surface area contributed by atoms with Crippen LogP contribution in [0.4, 0.5) is 17.6 Å². The Hall–Kier alpha value is -2.87. The summed E-state index contributed by atoms with van der Waals surface area (Å²) in [6.07, 6.45) is 0.811. The largest absolute Gasteiger partial charge is 0.431 e. The number of carbonyl (C=O) groups is 2. The van der Waals surface area contributed by atoms with Crippen LogP contribution in [0.2, 0.25) is 0 Å². The van der Waals surface area contributed by atoms with Gasteiger partial charge in [0.2, 0.25) is 11.8 Å². The van der Waals surface area contributed by atoms with E-state index < -0.39 is 47.9 Å². The van der Waals surface area contributed by atoms with Crippen molar-refractivity contribution in [2.75, 3.05) is 0 Å². The zero-order chi connectivity index (χ0) is 21.8. The summed E-state index contributed by atoms with van der Waals surface area (Å²) < 4.78 is 58.7. The van der Waals surface area contributed by atoms with Crippen molar-refractivity contribution in [3.63, 3.8) is 0 Å². The number of hydrazine groups is 1. The summed E-state index contributed by atoms with van der Waals surface area (Å²) in [6.45, 7) is -5.38. The fourth-order valence-corrected chi connectivity index (χ4v) is 3.36. The zero-order valence-corrected chi connectivity index (χ0v) is 15.4. The maximum atomic E-state index is 12.7. The van der Waals surface area contributed by atoms with Gasteiger partial charge in [0.15, 0.2) is 11.5 Å². The minimum atomic E-state index is -3.28. The Balaban J connectivity index is 2.27. The van der Waals surface area contributed by atoms with Crippen molar-refractivity contribution < 1.29 is 36.6 Å². The summed E-state index contributed by atoms with van der Waals surface area (Å²) >= 11 is 0. The number of nitrogens with zero attached hydrogens (tertiary/aromatic N) is 2. The average molecular weight is 417 g/mol. The molecule has 11 heteroatoms. The molecule has 0 bridgehead atoms. The van der Waals surface area contributed by atoms with Crippen molar-refractivity contribution in [3.05, 3.63) is 23.8 Å². The lowest BCUT2D eigenvalue weighted by Crippen LogP contribution is -2.46. The molecular formula is C18H19F4N3O4. The monoisotopic (exact) mass is 417 g/mol. The molecule has 1 fully saturated rings. The van der Waals surface area contributed by atoms with Gasteiger partial charge in [0.05, 0.1) is 11.5 Å². The van der Waals surface area contributed by atoms with E-state index in [1.165, 1.54) is 6.07 Å². The van der Waals surface area contributed by atoms with Crippen molar-refractivity contribution in [3.8, 4) is 17.6 Å². The fraction of sp³-hybridized carbons (Fsp3) is 0.500. The molecule has 2 rings (SSSR count). The molecule has 158 valence electrons. The molecule has 0 unspecified atom stereocenters. The molecule has 0 radical (unpaired) electrons. The SMILES string of the molecule is CC(=O)N(N)C(=O)C1CCC(C#N)(c2ccc(OC(F)F)c(OC(F)F)c2)CC1. The van der Waals surface area contributed by atoms with Gasteiger partial charge in [-0.1, -0.05) is 6.07 Å². The summed E-state index contributed by atoms with van der Waals surface area (Å²) in [5.41, 5.74) is -0.866. The molecular weight excluding hydrogens is 398 g/mol. The second-order valence-electron chi connectivity index (χ2n) is 6.61. The van der Waals surface area contributed by atoms with Gasteiger partial charge < -0.3 is 9.47 Å². The van der Waals surface area contributed by atoms with Gasteiger partial charge in [-0.2, -0.15) is 22.8 Å². The van der Waals surface area contributed by atoms with Gasteiger partial charge in [0.25, 0.3) is 0 Å². The topological polar surface area (TPSA) is 106 Å². The molecule has 0 aliphatic heterocycles. The van der Waals surface area contributed by atoms with Gasteiger partial charge in [-0.25, -0.2) is 10.9 Å². The van der Waals surface area contributed by atoms with E-state index in [0.29, 0.717) is 5.01 Å². The molecule has 2 N–H and O–H groups in total. The second-order valence-corrected chi connectivity index (χ2v) is 6.61. The van der Waals surface area contributed by atoms with Crippen LogP contribution in [0.5, 0.6) is 11.5 Å². The molecule has 1 saturated carbocycles. The predicted molar refractivity (Wildman–Crippen MR) is 90.7 cm³/mol. The van der Waals surface area contributed by atoms with E-state index in [-0.39, 0.29) is 31.2 Å². The Labute approximate surface area is 163 Å². The van der Waals surface area contributed by atoms with Crippen molar-refractivity contribution in [2.45, 2.75) is 51.2 Å². The maximum absolute atomic E-state index is 12.7. The summed E-state index contributed by atoms with van der Waals surface area (Å²) in [5.74, 6) is 2.49. The molecule has 1 aromatic rings. The summed E-state index contributed by atoms with van der Waals surface area (Å²) in [5, 5.41) is 10.3. The van der Waals surface area contributed by atoms with Crippen LogP contribution >= 0.6 is 0 Å². The van der Waals surface area contributed by atoms with E-state index in [1.54, 1.807) is 0 Å². The van der Waals surface area contributed by atoms with Gasteiger partial charge in [-0.05, 0) is 43.4 Å². The van der Waals surface area contributed by atoms with Crippen molar-refractivity contribution in [2.24, 2.45) is 11.8 Å². The Bertz CT molecular complexity index is 805. The van der Waals surface area contributed by atoms with Crippen LogP contribution < -0.4 is 15.3 Å². The number of halogens is 4. The molecule has 29 heavy (non-hydrogen) atoms. The first-order chi connectivity index (χ1) is 13.6. The van der Waals surface area contributed by atoms with Crippen molar-refractivity contribution in [1.29, 1.82) is 5.26 Å². The molecule has 7 nitrogen and oxygen atoms in total. The van der Waals surface area contributed by atoms with Crippen LogP contribution in [-0.4, -0.2) is 30.0 Å². The summed E-state index contributed by atoms with van der Waals surface area (Å²) in [6, 6.07) is 5.56. The summed E-state index contributed by atoms with van der Waals surface area (Å²) in [4.78, 5) is 23.5. The van der Waals surface area contributed by atoms with Gasteiger partial charge in [-0.3, -0.25) is 9.59 Å². The van der Waals surface area contributed by atoms with Crippen LogP contribution in [0, 0.1) is 17.2 Å². The van der Waals surface area contributed by atoms with Crippen LogP contribution in [0.1, 0.15) is 38.2 Å². The van der Waals surface area contributed by atoms with E-state index >= 15 is 0 Å². The molecule has 2 amide bonds. The van der Waals surface area contributed by atoms with Gasteiger partial charge >= 0.3 is 13.2 Å². The van der Waals surface area contributed by atoms with Gasteiger partial charge in [0.1, 0.15) is 0 Å². The Morgan fingerprint density at radius 1 is 1.17 bits per heavy atom. The minimum absolute atomic E-state index is 0.175. The fourth-order valence-electron chi connectivity index (χ4n) is 3.36. The molecule has 0 saturated heterocycles. The first kappa shape index (κ1) is 22.4. The van der Waals surface area contributed by atoms with E-state index in [4.69, 9.17) is 5.84 Å². The highest BCUT2D eigenvalue weighted by molar-refractivity contribution is 5.94. The average Bonchev–Trinajstić information content (AvgIpc) is 2.67. The quantitative estimate of drug-likeness (QED) is 0.330. The molecule has 1 aliphatic rings. The van der Waals surface area contributed by atoms with Crippen LogP contribution in [0.15, 0.2) is 18.2 Å². The summed E-state index contributed by atoms with van der Waals surface area (Å²) in [7, 11) is 0. The first-order valence-corrected chi connectivity index (χ1v) is 8.64. The second kappa shape index (κ2) is 9.09. The number of benzene rings is 1. The number of nitrogens with two attached hydrogens (primary N) is 1. The third kappa shape index (κ3) is 5.14. The lowest BCUT2D eigenvalue weighted by Gasteiger charge is -2.35. The Kier molecular flexibility index (Phi) is 7.02. The van der Waals surface area contributed by atoms with Gasteiger partial charge in [0, 0.05) is 12.8 Å². The first-order valence-electron chi connectivity index (χ1n) is 8.64. The molecule has 1 aromatic carbocycles. The smallest absolute Gasteiger partial charge is 0.387 e. The van der Waals surface area contributed by atoms with Crippen molar-refractivity contribution in [1.82, 2.24) is 5.01 Å². The third-order valence-corrected chi connectivity index (χ3v) is 4.91. The Morgan fingerprint density at radius 3 is 2.21 bits per heavy atom. The number of rotatable bonds is 6. The lowest BCUT2D eigenvalue weighted by molar-refractivity contribution is -0.147. The van der Waals surface area contributed by atoms with Crippen molar-refractivity contribution >= 4 is 11.8 Å². The molecule has 0 heterocycles. The third-order valence-electron chi connectivity index (χ3n) is 4.91. The Morgan fingerprint density at radius 2 is 1.72 bits per heavy atom.